The van der Waals surface area contributed by atoms with Crippen LogP contribution in [0.5, 0.6) is 0 Å². The maximum Gasteiger partial charge on any atom is 0.246 e. The van der Waals surface area contributed by atoms with Gasteiger partial charge >= 0.3 is 0 Å². The molecule has 4 rings (SSSR count). The Bertz CT molecular complexity index is 973. The zero-order valence-electron chi connectivity index (χ0n) is 17.6. The van der Waals surface area contributed by atoms with Crippen molar-refractivity contribution in [3.05, 3.63) is 90.5 Å². The zero-order chi connectivity index (χ0) is 21.5. The van der Waals surface area contributed by atoms with Crippen LogP contribution in [0.25, 0.3) is 0 Å². The molecule has 2 heterocycles. The van der Waals surface area contributed by atoms with Crippen LogP contribution in [0.2, 0.25) is 0 Å². The van der Waals surface area contributed by atoms with Crippen LogP contribution in [0.15, 0.2) is 79.4 Å². The van der Waals surface area contributed by atoms with Crippen LogP contribution in [-0.2, 0) is 29.0 Å². The van der Waals surface area contributed by atoms with Gasteiger partial charge in [-0.2, -0.15) is 0 Å². The normalized spacial score (nSPS) is 18.8. The Kier molecular flexibility index (Phi) is 6.77. The first kappa shape index (κ1) is 20.8. The molecule has 1 aromatic heterocycles. The van der Waals surface area contributed by atoms with Crippen molar-refractivity contribution in [2.45, 2.75) is 44.3 Å². The standard InChI is InChI=1S/C25H28N4O2/c30-24-23(13-12-20-8-3-1-4-9-20)29(16-7-15-28-17-14-26-19-28)25(31)22(27-24)18-21-10-5-2-6-11-21/h1-6,8-11,14,17,19,22-23H,7,12-13,15-16,18H2,(H,27,30). The number of aromatic nitrogens is 2. The highest BCUT2D eigenvalue weighted by molar-refractivity contribution is 5.97. The van der Waals surface area contributed by atoms with E-state index in [0.717, 1.165) is 24.9 Å². The van der Waals surface area contributed by atoms with E-state index in [0.29, 0.717) is 19.4 Å². The Morgan fingerprint density at radius 1 is 0.903 bits per heavy atom. The average Bonchev–Trinajstić information content (AvgIpc) is 3.31. The van der Waals surface area contributed by atoms with Crippen LogP contribution in [0.3, 0.4) is 0 Å². The van der Waals surface area contributed by atoms with Crippen molar-refractivity contribution in [3.63, 3.8) is 0 Å². The lowest BCUT2D eigenvalue weighted by atomic mass is 9.96. The molecule has 1 N–H and O–H groups in total. The predicted molar refractivity (Wildman–Crippen MR) is 119 cm³/mol. The van der Waals surface area contributed by atoms with E-state index in [1.807, 2.05) is 59.3 Å². The van der Waals surface area contributed by atoms with E-state index in [1.54, 1.807) is 17.4 Å². The van der Waals surface area contributed by atoms with Gasteiger partial charge in [-0.05, 0) is 30.4 Å². The molecule has 0 bridgehead atoms. The van der Waals surface area contributed by atoms with Crippen LogP contribution in [0.1, 0.15) is 24.0 Å². The number of benzene rings is 2. The number of amides is 2. The number of piperazine rings is 1. The summed E-state index contributed by atoms with van der Waals surface area (Å²) in [5.41, 5.74) is 2.22. The molecule has 2 atom stereocenters. The van der Waals surface area contributed by atoms with Crippen LogP contribution in [0.4, 0.5) is 0 Å². The van der Waals surface area contributed by atoms with Crippen LogP contribution in [-0.4, -0.2) is 44.9 Å². The molecule has 1 saturated heterocycles. The molecule has 0 aliphatic carbocycles. The van der Waals surface area contributed by atoms with E-state index in [1.165, 1.54) is 5.56 Å². The topological polar surface area (TPSA) is 67.2 Å². The van der Waals surface area contributed by atoms with E-state index in [4.69, 9.17) is 0 Å². The summed E-state index contributed by atoms with van der Waals surface area (Å²) in [6.07, 6.45) is 8.09. The van der Waals surface area contributed by atoms with Crippen molar-refractivity contribution < 1.29 is 9.59 Å². The van der Waals surface area contributed by atoms with E-state index >= 15 is 0 Å². The van der Waals surface area contributed by atoms with Crippen LogP contribution in [0, 0.1) is 0 Å². The van der Waals surface area contributed by atoms with E-state index in [2.05, 4.69) is 22.4 Å². The van der Waals surface area contributed by atoms with Gasteiger partial charge in [0.2, 0.25) is 11.8 Å². The summed E-state index contributed by atoms with van der Waals surface area (Å²) in [5, 5.41) is 2.99. The van der Waals surface area contributed by atoms with Crippen molar-refractivity contribution in [1.29, 1.82) is 0 Å². The van der Waals surface area contributed by atoms with Gasteiger partial charge in [-0.15, -0.1) is 0 Å². The molecule has 1 aliphatic heterocycles. The fourth-order valence-electron chi connectivity index (χ4n) is 4.16. The maximum atomic E-state index is 13.4. The quantitative estimate of drug-likeness (QED) is 0.583. The van der Waals surface area contributed by atoms with Crippen molar-refractivity contribution in [3.8, 4) is 0 Å². The van der Waals surface area contributed by atoms with Gasteiger partial charge in [0.15, 0.2) is 0 Å². The Morgan fingerprint density at radius 2 is 1.61 bits per heavy atom. The van der Waals surface area contributed by atoms with Crippen LogP contribution < -0.4 is 5.32 Å². The second-order valence-electron chi connectivity index (χ2n) is 7.98. The van der Waals surface area contributed by atoms with Gasteiger partial charge in [-0.25, -0.2) is 4.98 Å². The molecule has 0 radical (unpaired) electrons. The average molecular weight is 417 g/mol. The van der Waals surface area contributed by atoms with Crippen molar-refractivity contribution >= 4 is 11.8 Å². The highest BCUT2D eigenvalue weighted by Gasteiger charge is 2.39. The van der Waals surface area contributed by atoms with Gasteiger partial charge in [0.1, 0.15) is 12.1 Å². The third-order valence-corrected chi connectivity index (χ3v) is 5.78. The highest BCUT2D eigenvalue weighted by Crippen LogP contribution is 2.19. The minimum atomic E-state index is -0.517. The monoisotopic (exact) mass is 416 g/mol. The number of carbonyl (C=O) groups is 2. The molecule has 1 fully saturated rings. The predicted octanol–water partition coefficient (Wildman–Crippen LogP) is 2.84. The summed E-state index contributed by atoms with van der Waals surface area (Å²) in [7, 11) is 0. The number of hydrogen-bond donors (Lipinski definition) is 1. The summed E-state index contributed by atoms with van der Waals surface area (Å²) in [6.45, 7) is 1.31. The molecular formula is C25H28N4O2. The number of hydrogen-bond acceptors (Lipinski definition) is 3. The number of imidazole rings is 1. The summed E-state index contributed by atoms with van der Waals surface area (Å²) >= 11 is 0. The SMILES string of the molecule is O=C1NC(Cc2ccccc2)C(=O)N(CCCn2ccnc2)C1CCc1ccccc1. The number of rotatable bonds is 9. The maximum absolute atomic E-state index is 13.4. The van der Waals surface area contributed by atoms with Crippen molar-refractivity contribution in [1.82, 2.24) is 19.8 Å². The molecule has 3 aromatic rings. The van der Waals surface area contributed by atoms with Gasteiger partial charge in [0.05, 0.1) is 6.33 Å². The number of aryl methyl sites for hydroxylation is 2. The molecule has 2 unspecified atom stereocenters. The Labute approximate surface area is 182 Å². The lowest BCUT2D eigenvalue weighted by Gasteiger charge is -2.39. The summed E-state index contributed by atoms with van der Waals surface area (Å²) in [4.78, 5) is 32.3. The lowest BCUT2D eigenvalue weighted by Crippen LogP contribution is -2.64. The molecule has 2 amide bonds. The van der Waals surface area contributed by atoms with Gasteiger partial charge in [-0.3, -0.25) is 9.59 Å². The van der Waals surface area contributed by atoms with Gasteiger partial charge in [0.25, 0.3) is 0 Å². The van der Waals surface area contributed by atoms with E-state index < -0.39 is 12.1 Å². The van der Waals surface area contributed by atoms with E-state index in [9.17, 15) is 9.59 Å². The smallest absolute Gasteiger partial charge is 0.246 e. The molecule has 2 aromatic carbocycles. The summed E-state index contributed by atoms with van der Waals surface area (Å²) in [6, 6.07) is 19.0. The first-order valence-electron chi connectivity index (χ1n) is 10.8. The number of nitrogens with zero attached hydrogens (tertiary/aromatic N) is 3. The summed E-state index contributed by atoms with van der Waals surface area (Å²) < 4.78 is 1.99. The molecule has 6 heteroatoms. The van der Waals surface area contributed by atoms with Crippen molar-refractivity contribution in [2.24, 2.45) is 0 Å². The fourth-order valence-corrected chi connectivity index (χ4v) is 4.16. The summed E-state index contributed by atoms with van der Waals surface area (Å²) in [5.74, 6) is -0.0498. The molecule has 6 nitrogen and oxygen atoms in total. The molecule has 31 heavy (non-hydrogen) atoms. The van der Waals surface area contributed by atoms with Crippen molar-refractivity contribution in [2.75, 3.05) is 6.54 Å². The molecule has 0 saturated carbocycles. The van der Waals surface area contributed by atoms with Crippen LogP contribution >= 0.6 is 0 Å². The Balaban J connectivity index is 1.46. The van der Waals surface area contributed by atoms with E-state index in [-0.39, 0.29) is 11.8 Å². The first-order chi connectivity index (χ1) is 15.2. The molecular weight excluding hydrogens is 388 g/mol. The van der Waals surface area contributed by atoms with Gasteiger partial charge in [0, 0.05) is 31.9 Å². The molecule has 1 aliphatic rings. The van der Waals surface area contributed by atoms with Gasteiger partial charge < -0.3 is 14.8 Å². The number of carbonyl (C=O) groups excluding carboxylic acids is 2. The molecule has 160 valence electrons. The largest absolute Gasteiger partial charge is 0.342 e. The second-order valence-corrected chi connectivity index (χ2v) is 7.98. The zero-order valence-corrected chi connectivity index (χ0v) is 17.6. The minimum absolute atomic E-state index is 0.00662. The third-order valence-electron chi connectivity index (χ3n) is 5.78. The molecule has 0 spiro atoms. The minimum Gasteiger partial charge on any atom is -0.342 e. The Morgan fingerprint density at radius 3 is 2.29 bits per heavy atom. The highest BCUT2D eigenvalue weighted by atomic mass is 16.2. The first-order valence-corrected chi connectivity index (χ1v) is 10.8. The fraction of sp³-hybridized carbons (Fsp3) is 0.320. The van der Waals surface area contributed by atoms with Gasteiger partial charge in [-0.1, -0.05) is 60.7 Å². The second kappa shape index (κ2) is 10.1. The lowest BCUT2D eigenvalue weighted by molar-refractivity contribution is -0.149. The Hall–Kier alpha value is -3.41. The number of nitrogens with one attached hydrogen (secondary N) is 1. The third kappa shape index (κ3) is 5.40.